The first-order valence-electron chi connectivity index (χ1n) is 9.07. The maximum atomic E-state index is 12.5. The number of amides is 2. The molecular weight excluding hydrogens is 356 g/mol. The van der Waals surface area contributed by atoms with Gasteiger partial charge in [0, 0.05) is 20.7 Å². The molecule has 1 aliphatic heterocycles. The Hall–Kier alpha value is -1.52. The summed E-state index contributed by atoms with van der Waals surface area (Å²) >= 11 is 0. The molecular formula is C18H32N2O7. The Kier molecular flexibility index (Phi) is 9.34. The monoisotopic (exact) mass is 388 g/mol. The number of ether oxygens (including phenoxy) is 1. The molecule has 1 fully saturated rings. The van der Waals surface area contributed by atoms with E-state index in [1.54, 1.807) is 6.08 Å². The minimum Gasteiger partial charge on any atom is -0.391 e. The topological polar surface area (TPSA) is 140 Å². The summed E-state index contributed by atoms with van der Waals surface area (Å²) in [4.78, 5) is 26.1. The Labute approximate surface area is 159 Å². The van der Waals surface area contributed by atoms with Crippen molar-refractivity contribution < 1.29 is 34.8 Å². The molecule has 9 nitrogen and oxygen atoms in total. The molecule has 1 rings (SSSR count). The molecule has 27 heavy (non-hydrogen) atoms. The first-order chi connectivity index (χ1) is 12.6. The smallest absolute Gasteiger partial charge is 0.252 e. The van der Waals surface area contributed by atoms with Gasteiger partial charge in [-0.1, -0.05) is 26.0 Å². The predicted molar refractivity (Wildman–Crippen MR) is 97.6 cm³/mol. The van der Waals surface area contributed by atoms with Crippen LogP contribution in [0.2, 0.25) is 0 Å². The van der Waals surface area contributed by atoms with Crippen molar-refractivity contribution in [1.29, 1.82) is 0 Å². The molecule has 156 valence electrons. The van der Waals surface area contributed by atoms with Crippen molar-refractivity contribution in [2.24, 2.45) is 5.92 Å². The molecule has 5 N–H and O–H groups in total. The van der Waals surface area contributed by atoms with Gasteiger partial charge in [0.1, 0.15) is 24.4 Å². The van der Waals surface area contributed by atoms with Crippen LogP contribution in [-0.4, -0.2) is 94.4 Å². The summed E-state index contributed by atoms with van der Waals surface area (Å²) in [5.41, 5.74) is 0. The number of aliphatic hydroxyl groups excluding tert-OH is 4. The van der Waals surface area contributed by atoms with E-state index in [4.69, 9.17) is 4.74 Å². The van der Waals surface area contributed by atoms with Gasteiger partial charge in [0.05, 0.1) is 6.10 Å². The van der Waals surface area contributed by atoms with Crippen molar-refractivity contribution in [3.63, 3.8) is 0 Å². The second-order valence-corrected chi connectivity index (χ2v) is 7.27. The van der Waals surface area contributed by atoms with E-state index in [0.717, 1.165) is 0 Å². The van der Waals surface area contributed by atoms with Crippen LogP contribution in [0.4, 0.5) is 0 Å². The average Bonchev–Trinajstić information content (AvgIpc) is 2.72. The number of nitrogens with zero attached hydrogens (tertiary/aromatic N) is 1. The fraction of sp³-hybridized carbons (Fsp3) is 0.778. The molecule has 0 aliphatic carbocycles. The summed E-state index contributed by atoms with van der Waals surface area (Å²) in [5.74, 6) is -1.00. The maximum Gasteiger partial charge on any atom is 0.252 e. The first kappa shape index (κ1) is 23.5. The fourth-order valence-electron chi connectivity index (χ4n) is 2.87. The zero-order valence-electron chi connectivity index (χ0n) is 16.3. The highest BCUT2D eigenvalue weighted by Gasteiger charge is 2.37. The Morgan fingerprint density at radius 3 is 2.41 bits per heavy atom. The minimum absolute atomic E-state index is 0.138. The highest BCUT2D eigenvalue weighted by atomic mass is 16.5. The number of likely N-dealkylation sites (N-methyl/N-ethyl adjacent to an activating group) is 1. The molecule has 2 amide bonds. The van der Waals surface area contributed by atoms with Crippen molar-refractivity contribution in [2.45, 2.75) is 63.3 Å². The number of allylic oxidation sites excluding steroid dienone is 1. The van der Waals surface area contributed by atoms with Gasteiger partial charge < -0.3 is 35.4 Å². The van der Waals surface area contributed by atoms with Crippen LogP contribution in [0.25, 0.3) is 0 Å². The van der Waals surface area contributed by atoms with Crippen molar-refractivity contribution >= 4 is 11.8 Å². The van der Waals surface area contributed by atoms with E-state index in [0.29, 0.717) is 6.42 Å². The van der Waals surface area contributed by atoms with Gasteiger partial charge in [-0.15, -0.1) is 0 Å². The van der Waals surface area contributed by atoms with E-state index in [-0.39, 0.29) is 24.8 Å². The molecule has 0 aromatic carbocycles. The number of methoxy groups -OCH3 is 1. The highest BCUT2D eigenvalue weighted by molar-refractivity contribution is 5.89. The van der Waals surface area contributed by atoms with Gasteiger partial charge in [-0.3, -0.25) is 9.59 Å². The molecule has 0 saturated carbocycles. The fourth-order valence-corrected chi connectivity index (χ4v) is 2.87. The van der Waals surface area contributed by atoms with Crippen LogP contribution in [0.3, 0.4) is 0 Å². The second kappa shape index (κ2) is 10.7. The Morgan fingerprint density at radius 2 is 1.85 bits per heavy atom. The van der Waals surface area contributed by atoms with Crippen molar-refractivity contribution in [3.05, 3.63) is 12.2 Å². The summed E-state index contributed by atoms with van der Waals surface area (Å²) in [7, 11) is 2.71. The van der Waals surface area contributed by atoms with E-state index < -0.39 is 42.5 Å². The third-order valence-electron chi connectivity index (χ3n) is 4.48. The summed E-state index contributed by atoms with van der Waals surface area (Å²) < 4.78 is 5.00. The van der Waals surface area contributed by atoms with Crippen molar-refractivity contribution in [2.75, 3.05) is 20.7 Å². The quantitative estimate of drug-likeness (QED) is 0.315. The third-order valence-corrected chi connectivity index (χ3v) is 4.48. The molecule has 9 heteroatoms. The molecule has 1 unspecified atom stereocenters. The summed E-state index contributed by atoms with van der Waals surface area (Å²) in [5, 5.41) is 42.6. The second-order valence-electron chi connectivity index (χ2n) is 7.27. The van der Waals surface area contributed by atoms with Gasteiger partial charge in [0.25, 0.3) is 5.91 Å². The summed E-state index contributed by atoms with van der Waals surface area (Å²) in [6.07, 6.45) is -3.30. The SMILES string of the molecule is CO[C@@H](C(=O)NC1CC[C@H](O)CN(C)C1=O)[C@H](O)[C@@H](O)[C@H](O)/C=C/C(C)C. The normalized spacial score (nSPS) is 26.0. The molecule has 6 atom stereocenters. The van der Waals surface area contributed by atoms with Crippen LogP contribution in [-0.2, 0) is 14.3 Å². The van der Waals surface area contributed by atoms with E-state index >= 15 is 0 Å². The summed E-state index contributed by atoms with van der Waals surface area (Å²) in [6.45, 7) is 3.94. The average molecular weight is 388 g/mol. The lowest BCUT2D eigenvalue weighted by Gasteiger charge is -2.28. The summed E-state index contributed by atoms with van der Waals surface area (Å²) in [6, 6.07) is -0.868. The van der Waals surface area contributed by atoms with Crippen LogP contribution in [0, 0.1) is 5.92 Å². The van der Waals surface area contributed by atoms with Crippen molar-refractivity contribution in [1.82, 2.24) is 10.2 Å². The highest BCUT2D eigenvalue weighted by Crippen LogP contribution is 2.14. The minimum atomic E-state index is -1.70. The number of rotatable bonds is 8. The van der Waals surface area contributed by atoms with Crippen LogP contribution >= 0.6 is 0 Å². The number of aliphatic hydroxyl groups is 4. The maximum absolute atomic E-state index is 12.5. The Balaban J connectivity index is 2.78. The molecule has 1 aliphatic rings. The van der Waals surface area contributed by atoms with Gasteiger partial charge in [0.15, 0.2) is 6.10 Å². The van der Waals surface area contributed by atoms with E-state index in [1.807, 2.05) is 13.8 Å². The van der Waals surface area contributed by atoms with Crippen molar-refractivity contribution in [3.8, 4) is 0 Å². The predicted octanol–water partition coefficient (Wildman–Crippen LogP) is -1.61. The lowest BCUT2D eigenvalue weighted by atomic mass is 10.00. The molecule has 0 aromatic rings. The van der Waals surface area contributed by atoms with Gasteiger partial charge >= 0.3 is 0 Å². The van der Waals surface area contributed by atoms with E-state index in [9.17, 15) is 30.0 Å². The number of carbonyl (C=O) groups is 2. The lowest BCUT2D eigenvalue weighted by Crippen LogP contribution is -2.55. The largest absolute Gasteiger partial charge is 0.391 e. The van der Waals surface area contributed by atoms with Gasteiger partial charge in [-0.2, -0.15) is 0 Å². The zero-order chi connectivity index (χ0) is 20.7. The Morgan fingerprint density at radius 1 is 1.22 bits per heavy atom. The number of β-amino-alcohol motifs (C(OH)–C–C–N with tert-alkyl or cyclic N) is 1. The first-order valence-corrected chi connectivity index (χ1v) is 9.07. The molecule has 0 bridgehead atoms. The number of hydrogen-bond acceptors (Lipinski definition) is 7. The molecule has 1 heterocycles. The molecule has 0 spiro atoms. The van der Waals surface area contributed by atoms with Crippen LogP contribution in [0.5, 0.6) is 0 Å². The van der Waals surface area contributed by atoms with Crippen LogP contribution in [0.1, 0.15) is 26.7 Å². The van der Waals surface area contributed by atoms with Crippen LogP contribution in [0.15, 0.2) is 12.2 Å². The Bertz CT molecular complexity index is 526. The van der Waals surface area contributed by atoms with E-state index in [2.05, 4.69) is 5.32 Å². The standard InChI is InChI=1S/C18H32N2O7/c1-10(2)5-8-13(22)14(23)15(24)16(27-4)17(25)19-12-7-6-11(21)9-20(3)18(12)26/h5,8,10-16,21-24H,6-7,9H2,1-4H3,(H,19,25)/b8-5+/t11-,12?,13+,14-,15+,16+/m0/s1. The third kappa shape index (κ3) is 6.86. The van der Waals surface area contributed by atoms with Crippen LogP contribution < -0.4 is 5.32 Å². The molecule has 1 saturated heterocycles. The number of nitrogens with one attached hydrogen (secondary N) is 1. The number of hydrogen-bond donors (Lipinski definition) is 5. The number of likely N-dealkylation sites (tertiary alicyclic amines) is 1. The number of carbonyl (C=O) groups excluding carboxylic acids is 2. The molecule has 0 radical (unpaired) electrons. The van der Waals surface area contributed by atoms with Gasteiger partial charge in [-0.05, 0) is 18.8 Å². The lowest BCUT2D eigenvalue weighted by molar-refractivity contribution is -0.151. The van der Waals surface area contributed by atoms with Gasteiger partial charge in [0.2, 0.25) is 5.91 Å². The van der Waals surface area contributed by atoms with Gasteiger partial charge in [-0.25, -0.2) is 0 Å². The zero-order valence-corrected chi connectivity index (χ0v) is 16.3. The molecule has 0 aromatic heterocycles. The van der Waals surface area contributed by atoms with E-state index in [1.165, 1.54) is 25.1 Å².